The van der Waals surface area contributed by atoms with E-state index in [1.807, 2.05) is 0 Å². The quantitative estimate of drug-likeness (QED) is 0.611. The standard InChI is InChI=1S/C8H8F10O/c9-3-1-5(11,12)7(15,16)19-8(17,18)6(13,14)2-4-10/h1-4H2. The van der Waals surface area contributed by atoms with E-state index in [1.54, 1.807) is 0 Å². The molecule has 11 heteroatoms. The maximum absolute atomic E-state index is 12.6. The molecule has 0 aromatic carbocycles. The number of hydrogen-bond donors (Lipinski definition) is 0. The van der Waals surface area contributed by atoms with Crippen LogP contribution in [0.2, 0.25) is 0 Å². The average Bonchev–Trinajstić information content (AvgIpc) is 2.14. The summed E-state index contributed by atoms with van der Waals surface area (Å²) in [6.45, 7) is -4.03. The Morgan fingerprint density at radius 3 is 1.05 bits per heavy atom. The van der Waals surface area contributed by atoms with Crippen molar-refractivity contribution in [3.05, 3.63) is 0 Å². The van der Waals surface area contributed by atoms with Gasteiger partial charge in [0.2, 0.25) is 0 Å². The average molecular weight is 310 g/mol. The molecule has 0 heterocycles. The van der Waals surface area contributed by atoms with E-state index in [9.17, 15) is 43.9 Å². The van der Waals surface area contributed by atoms with Crippen LogP contribution in [0.4, 0.5) is 43.9 Å². The summed E-state index contributed by atoms with van der Waals surface area (Å²) in [6.07, 6.45) is -16.5. The fraction of sp³-hybridized carbons (Fsp3) is 1.00. The Hall–Kier alpha value is -0.740. The van der Waals surface area contributed by atoms with Gasteiger partial charge in [0.1, 0.15) is 0 Å². The normalized spacial score (nSPS) is 14.8. The van der Waals surface area contributed by atoms with Gasteiger partial charge in [0, 0.05) is 12.8 Å². The summed E-state index contributed by atoms with van der Waals surface area (Å²) in [5.74, 6) is -10.8. The van der Waals surface area contributed by atoms with Crippen LogP contribution in [0, 0.1) is 0 Å². The van der Waals surface area contributed by atoms with E-state index in [-0.39, 0.29) is 0 Å². The van der Waals surface area contributed by atoms with Crippen LogP contribution in [0.15, 0.2) is 0 Å². The number of rotatable bonds is 8. The van der Waals surface area contributed by atoms with Crippen molar-refractivity contribution in [2.75, 3.05) is 13.3 Å². The van der Waals surface area contributed by atoms with Gasteiger partial charge in [-0.25, -0.2) is 4.74 Å². The second kappa shape index (κ2) is 5.71. The summed E-state index contributed by atoms with van der Waals surface area (Å²) >= 11 is 0. The first-order chi connectivity index (χ1) is 8.33. The van der Waals surface area contributed by atoms with E-state index in [2.05, 4.69) is 4.74 Å². The first kappa shape index (κ1) is 18.3. The van der Waals surface area contributed by atoms with Crippen LogP contribution in [-0.2, 0) is 4.74 Å². The molecule has 116 valence electrons. The molecule has 0 aliphatic heterocycles. The van der Waals surface area contributed by atoms with E-state index >= 15 is 0 Å². The third-order valence-corrected chi connectivity index (χ3v) is 1.92. The van der Waals surface area contributed by atoms with Gasteiger partial charge in [-0.1, -0.05) is 0 Å². The van der Waals surface area contributed by atoms with Crippen LogP contribution < -0.4 is 0 Å². The monoisotopic (exact) mass is 310 g/mol. The van der Waals surface area contributed by atoms with Gasteiger partial charge in [-0.3, -0.25) is 8.78 Å². The number of alkyl halides is 10. The topological polar surface area (TPSA) is 9.23 Å². The largest absolute Gasteiger partial charge is 0.424 e. The maximum atomic E-state index is 12.6. The molecule has 0 amide bonds. The highest BCUT2D eigenvalue weighted by molar-refractivity contribution is 4.83. The minimum atomic E-state index is -6.04. The highest BCUT2D eigenvalue weighted by atomic mass is 19.3. The summed E-state index contributed by atoms with van der Waals surface area (Å²) in [5.41, 5.74) is 0. The highest BCUT2D eigenvalue weighted by Gasteiger charge is 2.68. The Balaban J connectivity index is 5.09. The van der Waals surface area contributed by atoms with E-state index in [1.165, 1.54) is 0 Å². The van der Waals surface area contributed by atoms with E-state index in [0.29, 0.717) is 0 Å². The van der Waals surface area contributed by atoms with Crippen LogP contribution in [0.1, 0.15) is 12.8 Å². The lowest BCUT2D eigenvalue weighted by Crippen LogP contribution is -2.53. The smallest absolute Gasteiger partial charge is 0.251 e. The zero-order valence-corrected chi connectivity index (χ0v) is 9.02. The lowest BCUT2D eigenvalue weighted by Gasteiger charge is -2.32. The van der Waals surface area contributed by atoms with Gasteiger partial charge in [-0.05, 0) is 0 Å². The molecule has 0 bridgehead atoms. The Morgan fingerprint density at radius 2 is 0.842 bits per heavy atom. The van der Waals surface area contributed by atoms with Crippen LogP contribution in [-0.4, -0.2) is 37.4 Å². The van der Waals surface area contributed by atoms with Crippen molar-refractivity contribution in [1.82, 2.24) is 0 Å². The molecule has 0 radical (unpaired) electrons. The Morgan fingerprint density at radius 1 is 0.579 bits per heavy atom. The predicted octanol–water partition coefficient (Wildman–Crippen LogP) is 4.18. The molecule has 0 aromatic rings. The van der Waals surface area contributed by atoms with E-state index in [0.717, 1.165) is 0 Å². The van der Waals surface area contributed by atoms with Crippen LogP contribution in [0.3, 0.4) is 0 Å². The third kappa shape index (κ3) is 4.11. The fourth-order valence-electron chi connectivity index (χ4n) is 0.839. The Labute approximate surface area is 100 Å². The van der Waals surface area contributed by atoms with Gasteiger partial charge in [-0.2, -0.15) is 35.1 Å². The van der Waals surface area contributed by atoms with Gasteiger partial charge in [0.05, 0.1) is 13.3 Å². The fourth-order valence-corrected chi connectivity index (χ4v) is 0.839. The lowest BCUT2D eigenvalue weighted by atomic mass is 10.2. The van der Waals surface area contributed by atoms with Crippen LogP contribution >= 0.6 is 0 Å². The molecule has 0 spiro atoms. The summed E-state index contributed by atoms with van der Waals surface area (Å²) < 4.78 is 126. The minimum absolute atomic E-state index is 2.02. The van der Waals surface area contributed by atoms with Gasteiger partial charge in [0.15, 0.2) is 0 Å². The molecule has 19 heavy (non-hydrogen) atoms. The van der Waals surface area contributed by atoms with Crippen molar-refractivity contribution >= 4 is 0 Å². The number of halogens is 10. The molecular formula is C8H8F10O. The van der Waals surface area contributed by atoms with Gasteiger partial charge < -0.3 is 0 Å². The van der Waals surface area contributed by atoms with E-state index < -0.39 is 50.3 Å². The van der Waals surface area contributed by atoms with Gasteiger partial charge >= 0.3 is 24.1 Å². The number of ether oxygens (including phenoxy) is 1. The lowest BCUT2D eigenvalue weighted by molar-refractivity contribution is -0.468. The molecule has 1 nitrogen and oxygen atoms in total. The second-order valence-electron chi connectivity index (χ2n) is 3.42. The maximum Gasteiger partial charge on any atom is 0.424 e. The summed E-state index contributed by atoms with van der Waals surface area (Å²) in [4.78, 5) is 0. The first-order valence-corrected chi connectivity index (χ1v) is 4.66. The molecule has 0 aliphatic carbocycles. The molecule has 0 unspecified atom stereocenters. The summed E-state index contributed by atoms with van der Waals surface area (Å²) in [7, 11) is 0. The molecule has 0 rings (SSSR count). The van der Waals surface area contributed by atoms with Crippen molar-refractivity contribution in [2.24, 2.45) is 0 Å². The van der Waals surface area contributed by atoms with Gasteiger partial charge in [-0.15, -0.1) is 0 Å². The number of hydrogen-bond acceptors (Lipinski definition) is 1. The molecule has 0 atom stereocenters. The Kier molecular flexibility index (Phi) is 5.49. The molecule has 0 saturated heterocycles. The van der Waals surface area contributed by atoms with Crippen molar-refractivity contribution in [2.45, 2.75) is 36.9 Å². The zero-order valence-electron chi connectivity index (χ0n) is 9.02. The van der Waals surface area contributed by atoms with Crippen molar-refractivity contribution in [3.63, 3.8) is 0 Å². The molecular weight excluding hydrogens is 302 g/mol. The highest BCUT2D eigenvalue weighted by Crippen LogP contribution is 2.47. The van der Waals surface area contributed by atoms with Crippen molar-refractivity contribution < 1.29 is 48.6 Å². The SMILES string of the molecule is FCCC(F)(F)C(F)(F)OC(F)(F)C(F)(F)CCF. The van der Waals surface area contributed by atoms with Crippen molar-refractivity contribution in [1.29, 1.82) is 0 Å². The molecule has 0 fully saturated rings. The summed E-state index contributed by atoms with van der Waals surface area (Å²) in [5, 5.41) is 0. The second-order valence-corrected chi connectivity index (χ2v) is 3.42. The van der Waals surface area contributed by atoms with Crippen molar-refractivity contribution in [3.8, 4) is 0 Å². The van der Waals surface area contributed by atoms with Gasteiger partial charge in [0.25, 0.3) is 0 Å². The third-order valence-electron chi connectivity index (χ3n) is 1.92. The summed E-state index contributed by atoms with van der Waals surface area (Å²) in [6, 6.07) is 0. The van der Waals surface area contributed by atoms with Crippen LogP contribution in [0.5, 0.6) is 0 Å². The molecule has 0 aliphatic rings. The first-order valence-electron chi connectivity index (χ1n) is 4.66. The minimum Gasteiger partial charge on any atom is -0.251 e. The molecule has 0 saturated carbocycles. The Bertz CT molecular complexity index is 261. The van der Waals surface area contributed by atoms with Crippen LogP contribution in [0.25, 0.3) is 0 Å². The zero-order chi connectivity index (χ0) is 15.5. The predicted molar refractivity (Wildman–Crippen MR) is 42.1 cm³/mol. The molecule has 0 aromatic heterocycles. The van der Waals surface area contributed by atoms with E-state index in [4.69, 9.17) is 0 Å². The molecule has 0 N–H and O–H groups in total.